The highest BCUT2D eigenvalue weighted by molar-refractivity contribution is 6.01. The fraction of sp³-hybridized carbons (Fsp3) is 0.270. The van der Waals surface area contributed by atoms with Gasteiger partial charge in [-0.15, -0.1) is 0 Å². The van der Waals surface area contributed by atoms with Crippen LogP contribution in [0.5, 0.6) is 11.5 Å². The first-order valence-corrected chi connectivity index (χ1v) is 15.7. The third kappa shape index (κ3) is 6.58. The Hall–Kier alpha value is -5.12. The largest absolute Gasteiger partial charge is 0.457 e. The Labute approximate surface area is 270 Å². The Morgan fingerprint density at radius 3 is 2.38 bits per heavy atom. The number of carbonyl (C=O) groups excluding carboxylic acids is 3. The first-order valence-electron chi connectivity index (χ1n) is 15.7. The van der Waals surface area contributed by atoms with Gasteiger partial charge in [-0.2, -0.15) is 13.2 Å². The van der Waals surface area contributed by atoms with Gasteiger partial charge in [0.05, 0.1) is 11.5 Å². The number of rotatable bonds is 10. The monoisotopic (exact) mass is 641 g/mol. The van der Waals surface area contributed by atoms with Crippen molar-refractivity contribution in [1.82, 2.24) is 15.3 Å². The summed E-state index contributed by atoms with van der Waals surface area (Å²) >= 11 is 0. The molecule has 0 bridgehead atoms. The molecule has 4 aromatic carbocycles. The Morgan fingerprint density at radius 2 is 1.62 bits per heavy atom. The van der Waals surface area contributed by atoms with E-state index >= 15 is 0 Å². The number of unbranched alkanes of at least 4 members (excludes halogenated alkanes) is 1. The molecule has 10 heteroatoms. The molecule has 1 aliphatic carbocycles. The summed E-state index contributed by atoms with van der Waals surface area (Å²) in [5.74, 6) is -2.50. The molecule has 1 N–H and O–H groups in total. The van der Waals surface area contributed by atoms with E-state index in [1.165, 1.54) is 6.07 Å². The molecule has 6 rings (SSSR count). The van der Waals surface area contributed by atoms with Gasteiger partial charge in [0.1, 0.15) is 24.1 Å². The van der Waals surface area contributed by atoms with Crippen molar-refractivity contribution in [3.8, 4) is 22.6 Å². The van der Waals surface area contributed by atoms with Crippen LogP contribution in [0.1, 0.15) is 59.2 Å². The molecular weight excluding hydrogens is 607 g/mol. The number of carbonyl (C=O) groups is 3. The summed E-state index contributed by atoms with van der Waals surface area (Å²) in [5, 5.41) is 4.05. The van der Waals surface area contributed by atoms with Crippen molar-refractivity contribution in [3.63, 3.8) is 0 Å². The molecule has 7 nitrogen and oxygen atoms in total. The van der Waals surface area contributed by atoms with E-state index in [-0.39, 0.29) is 24.3 Å². The quantitative estimate of drug-likeness (QED) is 0.198. The van der Waals surface area contributed by atoms with Crippen molar-refractivity contribution in [3.05, 3.63) is 119 Å². The molecule has 0 spiro atoms. The maximum Gasteiger partial charge on any atom is 0.408 e. The summed E-state index contributed by atoms with van der Waals surface area (Å²) in [6.45, 7) is 0.234. The Bertz CT molecular complexity index is 1790. The molecule has 242 valence electrons. The number of fused-ring (bicyclic) bond motifs is 3. The number of hydrogen-bond acceptors (Lipinski definition) is 4. The fourth-order valence-corrected chi connectivity index (χ4v) is 6.41. The Balaban J connectivity index is 1.28. The van der Waals surface area contributed by atoms with Gasteiger partial charge in [0.15, 0.2) is 0 Å². The lowest BCUT2D eigenvalue weighted by Crippen LogP contribution is -2.54. The minimum atomic E-state index is -4.78. The number of nitrogens with zero attached hydrogens (tertiary/aromatic N) is 2. The van der Waals surface area contributed by atoms with Gasteiger partial charge in [0.2, 0.25) is 0 Å². The second kappa shape index (κ2) is 13.3. The van der Waals surface area contributed by atoms with Crippen molar-refractivity contribution in [2.24, 2.45) is 0 Å². The molecule has 1 fully saturated rings. The SMILES string of the molecule is CCCCc1cccc2c1C(C(=O)N(CC(F)(F)F)N1CCC(NC(=O)c3ccccc3Oc3ccccc3)C1=O)c1ccccc1-2. The number of amides is 3. The van der Waals surface area contributed by atoms with E-state index in [0.717, 1.165) is 34.5 Å². The van der Waals surface area contributed by atoms with Crippen LogP contribution in [0.2, 0.25) is 0 Å². The van der Waals surface area contributed by atoms with Gasteiger partial charge in [-0.25, -0.2) is 10.0 Å². The van der Waals surface area contributed by atoms with Gasteiger partial charge in [0.25, 0.3) is 17.7 Å². The second-order valence-corrected chi connectivity index (χ2v) is 11.7. The minimum Gasteiger partial charge on any atom is -0.457 e. The van der Waals surface area contributed by atoms with E-state index < -0.39 is 42.4 Å². The molecule has 1 heterocycles. The van der Waals surface area contributed by atoms with Crippen LogP contribution in [-0.2, 0) is 16.0 Å². The molecule has 2 aliphatic rings. The Morgan fingerprint density at radius 1 is 0.915 bits per heavy atom. The van der Waals surface area contributed by atoms with Crippen LogP contribution >= 0.6 is 0 Å². The van der Waals surface area contributed by atoms with Crippen LogP contribution in [0, 0.1) is 0 Å². The Kier molecular flexibility index (Phi) is 9.02. The smallest absolute Gasteiger partial charge is 0.408 e. The molecule has 2 unspecified atom stereocenters. The molecule has 0 radical (unpaired) electrons. The van der Waals surface area contributed by atoms with Crippen LogP contribution in [0.3, 0.4) is 0 Å². The fourth-order valence-electron chi connectivity index (χ4n) is 6.41. The van der Waals surface area contributed by atoms with Crippen LogP contribution in [0.15, 0.2) is 97.1 Å². The van der Waals surface area contributed by atoms with E-state index in [4.69, 9.17) is 4.74 Å². The van der Waals surface area contributed by atoms with Crippen LogP contribution in [0.25, 0.3) is 11.1 Å². The first kappa shape index (κ1) is 31.8. The molecule has 1 saturated heterocycles. The normalized spacial score (nSPS) is 16.9. The number of benzene rings is 4. The number of halogens is 3. The topological polar surface area (TPSA) is 79.0 Å². The van der Waals surface area contributed by atoms with Crippen LogP contribution in [-0.4, -0.2) is 53.0 Å². The van der Waals surface area contributed by atoms with Crippen LogP contribution in [0.4, 0.5) is 13.2 Å². The lowest BCUT2D eigenvalue weighted by molar-refractivity contribution is -0.193. The zero-order valence-electron chi connectivity index (χ0n) is 25.8. The van der Waals surface area contributed by atoms with Gasteiger partial charge in [0, 0.05) is 6.54 Å². The molecular formula is C37H34F3N3O4. The maximum absolute atomic E-state index is 14.4. The molecule has 47 heavy (non-hydrogen) atoms. The number of alkyl halides is 3. The summed E-state index contributed by atoms with van der Waals surface area (Å²) in [5.41, 5.74) is 3.96. The highest BCUT2D eigenvalue weighted by atomic mass is 19.4. The van der Waals surface area contributed by atoms with Crippen molar-refractivity contribution < 1.29 is 32.3 Å². The van der Waals surface area contributed by atoms with E-state index in [0.29, 0.717) is 28.3 Å². The molecule has 1 aliphatic heterocycles. The number of aryl methyl sites for hydroxylation is 1. The lowest BCUT2D eigenvalue weighted by Gasteiger charge is -2.35. The zero-order valence-corrected chi connectivity index (χ0v) is 25.8. The summed E-state index contributed by atoms with van der Waals surface area (Å²) in [7, 11) is 0. The van der Waals surface area contributed by atoms with E-state index in [9.17, 15) is 27.6 Å². The van der Waals surface area contributed by atoms with Crippen molar-refractivity contribution in [2.75, 3.05) is 13.1 Å². The molecule has 3 amide bonds. The molecule has 2 atom stereocenters. The molecule has 0 aromatic heterocycles. The zero-order chi connectivity index (χ0) is 33.1. The number of hydrazine groups is 1. The number of ether oxygens (including phenoxy) is 1. The lowest BCUT2D eigenvalue weighted by atomic mass is 9.90. The standard InChI is InChI=1S/C37H34F3N3O4/c1-2-3-12-24-13-11-19-27-26-16-7-8-17-28(26)33(32(24)27)36(46)43(23-37(38,39)40)42-22-21-30(35(42)45)41-34(44)29-18-9-10-20-31(29)47-25-14-5-4-6-15-25/h4-11,13-20,30,33H,2-3,12,21-23H2,1H3,(H,41,44). The van der Waals surface area contributed by atoms with E-state index in [1.54, 1.807) is 54.6 Å². The summed E-state index contributed by atoms with van der Waals surface area (Å²) in [6, 6.07) is 27.1. The molecule has 4 aromatic rings. The van der Waals surface area contributed by atoms with Gasteiger partial charge in [-0.1, -0.05) is 86.1 Å². The highest BCUT2D eigenvalue weighted by Crippen LogP contribution is 2.48. The van der Waals surface area contributed by atoms with E-state index in [1.807, 2.05) is 36.4 Å². The van der Waals surface area contributed by atoms with Crippen molar-refractivity contribution in [2.45, 2.75) is 50.7 Å². The van der Waals surface area contributed by atoms with Gasteiger partial charge < -0.3 is 10.1 Å². The average Bonchev–Trinajstić information content (AvgIpc) is 3.60. The number of nitrogens with one attached hydrogen (secondary N) is 1. The predicted molar refractivity (Wildman–Crippen MR) is 171 cm³/mol. The summed E-state index contributed by atoms with van der Waals surface area (Å²) < 4.78 is 48.2. The third-order valence-corrected chi connectivity index (χ3v) is 8.56. The summed E-state index contributed by atoms with van der Waals surface area (Å²) in [4.78, 5) is 41.5. The van der Waals surface area contributed by atoms with Gasteiger partial charge in [-0.05, 0) is 71.3 Å². The average molecular weight is 642 g/mol. The van der Waals surface area contributed by atoms with Crippen molar-refractivity contribution in [1.29, 1.82) is 0 Å². The minimum absolute atomic E-state index is 0.0213. The third-order valence-electron chi connectivity index (χ3n) is 8.56. The van der Waals surface area contributed by atoms with E-state index in [2.05, 4.69) is 12.2 Å². The van der Waals surface area contributed by atoms with Gasteiger partial charge in [-0.3, -0.25) is 14.4 Å². The number of para-hydroxylation sites is 2. The van der Waals surface area contributed by atoms with Crippen molar-refractivity contribution >= 4 is 17.7 Å². The van der Waals surface area contributed by atoms with Gasteiger partial charge >= 0.3 is 6.18 Å². The summed E-state index contributed by atoms with van der Waals surface area (Å²) in [6.07, 6.45) is -2.33. The maximum atomic E-state index is 14.4. The second-order valence-electron chi connectivity index (χ2n) is 11.7. The highest BCUT2D eigenvalue weighted by Gasteiger charge is 2.47. The molecule has 0 saturated carbocycles. The number of hydrogen-bond donors (Lipinski definition) is 1. The predicted octanol–water partition coefficient (Wildman–Crippen LogP) is 7.27. The van der Waals surface area contributed by atoms with Crippen LogP contribution < -0.4 is 10.1 Å². The first-order chi connectivity index (χ1) is 22.7.